The maximum atomic E-state index is 9.09. The van der Waals surface area contributed by atoms with E-state index in [2.05, 4.69) is 50.5 Å². The van der Waals surface area contributed by atoms with Gasteiger partial charge < -0.3 is 10.1 Å². The van der Waals surface area contributed by atoms with Gasteiger partial charge in [0, 0.05) is 42.4 Å². The molecule has 0 amide bonds. The second-order valence-electron chi connectivity index (χ2n) is 7.78. The topological polar surface area (TPSA) is 119 Å². The monoisotopic (exact) mass is 415 g/mol. The zero-order valence-electron chi connectivity index (χ0n) is 17.2. The van der Waals surface area contributed by atoms with E-state index in [1.807, 2.05) is 16.9 Å². The molecule has 5 rings (SSSR count). The predicted octanol–water partition coefficient (Wildman–Crippen LogP) is 2.73. The third kappa shape index (κ3) is 3.60. The van der Waals surface area contributed by atoms with E-state index < -0.39 is 0 Å². The minimum absolute atomic E-state index is 0.211. The number of nitrogens with one attached hydrogen (secondary N) is 1. The standard InChI is InChI=1S/C21H21N9O/c1-13(2)26-17-6-20(29-12-25-18-5-14(7-22)8-24-21(18)29)23-9-16(17)19-10-30(28-27-19)15-3-4-31-11-15/h5-6,8-10,12-13,15H,3-4,11H2,1-2H3,(H,23,26). The Hall–Kier alpha value is -3.84. The molecule has 0 bridgehead atoms. The van der Waals surface area contributed by atoms with E-state index in [1.165, 1.54) is 6.20 Å². The summed E-state index contributed by atoms with van der Waals surface area (Å²) in [6.45, 7) is 5.56. The normalized spacial score (nSPS) is 16.1. The van der Waals surface area contributed by atoms with Gasteiger partial charge in [-0.05, 0) is 26.3 Å². The highest BCUT2D eigenvalue weighted by molar-refractivity contribution is 5.78. The Morgan fingerprint density at radius 3 is 2.90 bits per heavy atom. The molecule has 0 aromatic carbocycles. The second-order valence-corrected chi connectivity index (χ2v) is 7.78. The second kappa shape index (κ2) is 7.77. The molecule has 0 radical (unpaired) electrons. The minimum atomic E-state index is 0.211. The highest BCUT2D eigenvalue weighted by atomic mass is 16.5. The lowest BCUT2D eigenvalue weighted by Crippen LogP contribution is -2.12. The van der Waals surface area contributed by atoms with Gasteiger partial charge >= 0.3 is 0 Å². The van der Waals surface area contributed by atoms with Gasteiger partial charge in [0.05, 0.1) is 24.4 Å². The smallest absolute Gasteiger partial charge is 0.165 e. The van der Waals surface area contributed by atoms with Gasteiger partial charge in [0.25, 0.3) is 0 Å². The van der Waals surface area contributed by atoms with E-state index >= 15 is 0 Å². The van der Waals surface area contributed by atoms with Gasteiger partial charge in [-0.1, -0.05) is 5.21 Å². The molecule has 4 aromatic heterocycles. The highest BCUT2D eigenvalue weighted by Crippen LogP contribution is 2.30. The van der Waals surface area contributed by atoms with Crippen LogP contribution in [0.15, 0.2) is 37.1 Å². The molecule has 1 saturated heterocycles. The van der Waals surface area contributed by atoms with Crippen molar-refractivity contribution < 1.29 is 4.74 Å². The van der Waals surface area contributed by atoms with Crippen LogP contribution in [0.3, 0.4) is 0 Å². The van der Waals surface area contributed by atoms with E-state index in [1.54, 1.807) is 23.2 Å². The molecule has 10 heteroatoms. The van der Waals surface area contributed by atoms with Crippen LogP contribution >= 0.6 is 0 Å². The van der Waals surface area contributed by atoms with E-state index in [4.69, 9.17) is 10.00 Å². The Labute approximate surface area is 178 Å². The summed E-state index contributed by atoms with van der Waals surface area (Å²) in [6.07, 6.45) is 7.86. The lowest BCUT2D eigenvalue weighted by atomic mass is 10.1. The number of aromatic nitrogens is 7. The summed E-state index contributed by atoms with van der Waals surface area (Å²) in [5.74, 6) is 0.670. The van der Waals surface area contributed by atoms with Crippen molar-refractivity contribution >= 4 is 16.9 Å². The molecular weight excluding hydrogens is 394 g/mol. The summed E-state index contributed by atoms with van der Waals surface area (Å²) >= 11 is 0. The summed E-state index contributed by atoms with van der Waals surface area (Å²) in [4.78, 5) is 13.4. The zero-order valence-corrected chi connectivity index (χ0v) is 17.2. The number of nitriles is 1. The summed E-state index contributed by atoms with van der Waals surface area (Å²) in [6, 6.07) is 6.18. The van der Waals surface area contributed by atoms with Crippen LogP contribution in [0.4, 0.5) is 5.69 Å². The fourth-order valence-corrected chi connectivity index (χ4v) is 3.65. The van der Waals surface area contributed by atoms with Gasteiger partial charge in [-0.2, -0.15) is 5.26 Å². The summed E-state index contributed by atoms with van der Waals surface area (Å²) in [7, 11) is 0. The van der Waals surface area contributed by atoms with Crippen molar-refractivity contribution in [1.82, 2.24) is 34.5 Å². The number of fused-ring (bicyclic) bond motifs is 1. The number of ether oxygens (including phenoxy) is 1. The first-order chi connectivity index (χ1) is 15.1. The Balaban J connectivity index is 1.55. The van der Waals surface area contributed by atoms with Crippen molar-refractivity contribution in [1.29, 1.82) is 5.26 Å². The van der Waals surface area contributed by atoms with E-state index in [0.717, 1.165) is 30.0 Å². The molecule has 1 aliphatic rings. The highest BCUT2D eigenvalue weighted by Gasteiger charge is 2.21. The van der Waals surface area contributed by atoms with Crippen molar-refractivity contribution in [2.24, 2.45) is 0 Å². The first-order valence-electron chi connectivity index (χ1n) is 10.1. The maximum absolute atomic E-state index is 9.09. The lowest BCUT2D eigenvalue weighted by Gasteiger charge is -2.15. The molecule has 0 aliphatic carbocycles. The Morgan fingerprint density at radius 2 is 2.13 bits per heavy atom. The van der Waals surface area contributed by atoms with Crippen molar-refractivity contribution in [3.05, 3.63) is 42.6 Å². The number of pyridine rings is 2. The molecule has 10 nitrogen and oxygen atoms in total. The molecule has 31 heavy (non-hydrogen) atoms. The van der Waals surface area contributed by atoms with E-state index in [-0.39, 0.29) is 12.1 Å². The Bertz CT molecular complexity index is 1280. The van der Waals surface area contributed by atoms with Gasteiger partial charge in [-0.3, -0.25) is 4.57 Å². The fourth-order valence-electron chi connectivity index (χ4n) is 3.65. The van der Waals surface area contributed by atoms with Crippen LogP contribution in [0.25, 0.3) is 28.2 Å². The number of nitrogens with zero attached hydrogens (tertiary/aromatic N) is 8. The van der Waals surface area contributed by atoms with Crippen molar-refractivity contribution in [2.75, 3.05) is 18.5 Å². The van der Waals surface area contributed by atoms with Crippen LogP contribution in [0.1, 0.15) is 31.9 Å². The molecule has 1 unspecified atom stereocenters. The van der Waals surface area contributed by atoms with E-state index in [0.29, 0.717) is 29.2 Å². The van der Waals surface area contributed by atoms with Crippen LogP contribution in [0.2, 0.25) is 0 Å². The molecular formula is C21H21N9O. The van der Waals surface area contributed by atoms with Gasteiger partial charge in [0.2, 0.25) is 0 Å². The quantitative estimate of drug-likeness (QED) is 0.528. The average Bonchev–Trinajstić information content (AvgIpc) is 3.52. The number of anilines is 1. The maximum Gasteiger partial charge on any atom is 0.165 e. The molecule has 1 aliphatic heterocycles. The molecule has 0 saturated carbocycles. The average molecular weight is 415 g/mol. The number of rotatable bonds is 5. The van der Waals surface area contributed by atoms with Crippen LogP contribution in [-0.4, -0.2) is 53.8 Å². The van der Waals surface area contributed by atoms with Gasteiger partial charge in [0.1, 0.15) is 29.4 Å². The first kappa shape index (κ1) is 19.1. The number of hydrogen-bond donors (Lipinski definition) is 1. The van der Waals surface area contributed by atoms with Crippen molar-refractivity contribution in [2.45, 2.75) is 32.4 Å². The fraction of sp³-hybridized carbons (Fsp3) is 0.333. The molecule has 5 heterocycles. The first-order valence-corrected chi connectivity index (χ1v) is 10.1. The largest absolute Gasteiger partial charge is 0.382 e. The molecule has 0 spiro atoms. The Morgan fingerprint density at radius 1 is 1.23 bits per heavy atom. The van der Waals surface area contributed by atoms with Crippen LogP contribution in [-0.2, 0) is 4.74 Å². The van der Waals surface area contributed by atoms with Gasteiger partial charge in [-0.25, -0.2) is 19.6 Å². The van der Waals surface area contributed by atoms with Crippen molar-refractivity contribution in [3.8, 4) is 23.1 Å². The van der Waals surface area contributed by atoms with Gasteiger partial charge in [-0.15, -0.1) is 5.10 Å². The van der Waals surface area contributed by atoms with Crippen LogP contribution in [0, 0.1) is 11.3 Å². The molecule has 1 N–H and O–H groups in total. The molecule has 1 atom stereocenters. The summed E-state index contributed by atoms with van der Waals surface area (Å²) < 4.78 is 9.14. The molecule has 156 valence electrons. The number of hydrogen-bond acceptors (Lipinski definition) is 8. The Kier molecular flexibility index (Phi) is 4.80. The summed E-state index contributed by atoms with van der Waals surface area (Å²) in [5.41, 5.74) is 4.27. The van der Waals surface area contributed by atoms with Crippen LogP contribution < -0.4 is 5.32 Å². The zero-order chi connectivity index (χ0) is 21.4. The molecule has 4 aromatic rings. The summed E-state index contributed by atoms with van der Waals surface area (Å²) in [5, 5.41) is 21.2. The third-order valence-electron chi connectivity index (χ3n) is 5.16. The molecule has 1 fully saturated rings. The predicted molar refractivity (Wildman–Crippen MR) is 114 cm³/mol. The van der Waals surface area contributed by atoms with Gasteiger partial charge in [0.15, 0.2) is 5.65 Å². The SMILES string of the molecule is CC(C)Nc1cc(-n2cnc3cc(C#N)cnc32)ncc1-c1cn(C2CCOC2)nn1. The number of imidazole rings is 1. The van der Waals surface area contributed by atoms with E-state index in [9.17, 15) is 0 Å². The lowest BCUT2D eigenvalue weighted by molar-refractivity contribution is 0.184. The minimum Gasteiger partial charge on any atom is -0.382 e. The van der Waals surface area contributed by atoms with Crippen molar-refractivity contribution in [3.63, 3.8) is 0 Å². The third-order valence-corrected chi connectivity index (χ3v) is 5.16. The van der Waals surface area contributed by atoms with Crippen LogP contribution in [0.5, 0.6) is 0 Å².